The summed E-state index contributed by atoms with van der Waals surface area (Å²) in [5.74, 6) is -0.811. The van der Waals surface area contributed by atoms with Crippen molar-refractivity contribution in [2.45, 2.75) is 6.92 Å². The van der Waals surface area contributed by atoms with Gasteiger partial charge >= 0.3 is 0 Å². The minimum atomic E-state index is -0.496. The summed E-state index contributed by atoms with van der Waals surface area (Å²) in [4.78, 5) is 0. The van der Waals surface area contributed by atoms with Gasteiger partial charge in [-0.3, -0.25) is 0 Å². The molecule has 2 nitrogen and oxygen atoms in total. The van der Waals surface area contributed by atoms with Crippen LogP contribution in [0.1, 0.15) is 5.56 Å². The van der Waals surface area contributed by atoms with Gasteiger partial charge in [0.15, 0.2) is 0 Å². The van der Waals surface area contributed by atoms with E-state index in [1.54, 1.807) is 31.2 Å². The highest BCUT2D eigenvalue weighted by molar-refractivity contribution is 5.74. The second-order valence-corrected chi connectivity index (χ2v) is 3.74. The lowest BCUT2D eigenvalue weighted by atomic mass is 10.1. The Bertz CT molecular complexity index is 504. The van der Waals surface area contributed by atoms with Gasteiger partial charge in [-0.05, 0) is 31.2 Å². The highest BCUT2D eigenvalue weighted by Gasteiger charge is 2.07. The van der Waals surface area contributed by atoms with Gasteiger partial charge in [0.1, 0.15) is 11.6 Å². The van der Waals surface area contributed by atoms with E-state index in [1.807, 2.05) is 0 Å². The number of hydrogen-bond acceptors (Lipinski definition) is 2. The molecule has 0 saturated carbocycles. The molecule has 0 atom stereocenters. The van der Waals surface area contributed by atoms with Gasteiger partial charge in [-0.1, -0.05) is 12.1 Å². The molecule has 2 aromatic rings. The Kier molecular flexibility index (Phi) is 2.95. The van der Waals surface area contributed by atoms with Crippen LogP contribution in [0, 0.1) is 18.6 Å². The summed E-state index contributed by atoms with van der Waals surface area (Å²) < 4.78 is 26.5. The van der Waals surface area contributed by atoms with Gasteiger partial charge < -0.3 is 11.1 Å². The standard InChI is InChI=1S/C13H12F2N2/c1-8-9(14)4-2-6-11(8)17-12-7-3-5-10(15)13(12)16/h2-7,17H,16H2,1H3. The van der Waals surface area contributed by atoms with E-state index in [-0.39, 0.29) is 11.5 Å². The lowest BCUT2D eigenvalue weighted by Gasteiger charge is -2.12. The van der Waals surface area contributed by atoms with E-state index < -0.39 is 5.82 Å². The van der Waals surface area contributed by atoms with E-state index in [0.29, 0.717) is 16.9 Å². The largest absolute Gasteiger partial charge is 0.395 e. The highest BCUT2D eigenvalue weighted by atomic mass is 19.1. The van der Waals surface area contributed by atoms with Crippen LogP contribution in [0.5, 0.6) is 0 Å². The van der Waals surface area contributed by atoms with Gasteiger partial charge in [0.25, 0.3) is 0 Å². The third-order valence-corrected chi connectivity index (χ3v) is 2.59. The van der Waals surface area contributed by atoms with E-state index in [4.69, 9.17) is 5.73 Å². The van der Waals surface area contributed by atoms with Crippen LogP contribution < -0.4 is 11.1 Å². The third kappa shape index (κ3) is 2.20. The zero-order chi connectivity index (χ0) is 12.4. The van der Waals surface area contributed by atoms with Crippen molar-refractivity contribution < 1.29 is 8.78 Å². The lowest BCUT2D eigenvalue weighted by molar-refractivity contribution is 0.619. The van der Waals surface area contributed by atoms with Crippen molar-refractivity contribution in [2.24, 2.45) is 0 Å². The predicted octanol–water partition coefficient (Wildman–Crippen LogP) is 3.60. The molecule has 4 heteroatoms. The van der Waals surface area contributed by atoms with Crippen molar-refractivity contribution in [1.29, 1.82) is 0 Å². The Hall–Kier alpha value is -2.10. The summed E-state index contributed by atoms with van der Waals surface area (Å²) in [5, 5.41) is 2.92. The summed E-state index contributed by atoms with van der Waals surface area (Å²) in [6, 6.07) is 9.13. The van der Waals surface area contributed by atoms with E-state index in [1.165, 1.54) is 12.1 Å². The maximum Gasteiger partial charge on any atom is 0.148 e. The highest BCUT2D eigenvalue weighted by Crippen LogP contribution is 2.27. The molecule has 0 saturated heterocycles. The topological polar surface area (TPSA) is 38.0 Å². The van der Waals surface area contributed by atoms with Crippen LogP contribution in [0.2, 0.25) is 0 Å². The summed E-state index contributed by atoms with van der Waals surface area (Å²) in [6.07, 6.45) is 0. The van der Waals surface area contributed by atoms with Crippen molar-refractivity contribution in [3.8, 4) is 0 Å². The number of nitrogen functional groups attached to an aromatic ring is 1. The first-order valence-electron chi connectivity index (χ1n) is 5.15. The maximum absolute atomic E-state index is 13.3. The Morgan fingerprint density at radius 3 is 2.24 bits per heavy atom. The molecule has 2 aromatic carbocycles. The first kappa shape index (κ1) is 11.4. The fourth-order valence-corrected chi connectivity index (χ4v) is 1.53. The second-order valence-electron chi connectivity index (χ2n) is 3.74. The maximum atomic E-state index is 13.3. The number of hydrogen-bond donors (Lipinski definition) is 2. The van der Waals surface area contributed by atoms with Gasteiger partial charge in [0.05, 0.1) is 11.4 Å². The molecule has 0 radical (unpaired) electrons. The normalized spacial score (nSPS) is 10.3. The molecular formula is C13H12F2N2. The summed E-state index contributed by atoms with van der Waals surface area (Å²) >= 11 is 0. The molecule has 0 heterocycles. The smallest absolute Gasteiger partial charge is 0.148 e. The molecule has 0 fully saturated rings. The van der Waals surface area contributed by atoms with Crippen LogP contribution in [0.3, 0.4) is 0 Å². The first-order chi connectivity index (χ1) is 8.09. The number of nitrogens with one attached hydrogen (secondary N) is 1. The summed E-state index contributed by atoms with van der Waals surface area (Å²) in [5.41, 5.74) is 7.08. The molecule has 0 amide bonds. The zero-order valence-electron chi connectivity index (χ0n) is 9.30. The second kappa shape index (κ2) is 4.41. The Morgan fingerprint density at radius 1 is 0.941 bits per heavy atom. The van der Waals surface area contributed by atoms with E-state index in [0.717, 1.165) is 0 Å². The molecule has 0 spiro atoms. The van der Waals surface area contributed by atoms with Crippen molar-refractivity contribution >= 4 is 17.1 Å². The molecule has 2 rings (SSSR count). The number of rotatable bonds is 2. The van der Waals surface area contributed by atoms with Crippen molar-refractivity contribution in [1.82, 2.24) is 0 Å². The lowest BCUT2D eigenvalue weighted by Crippen LogP contribution is -2.00. The molecule has 0 aliphatic heterocycles. The average Bonchev–Trinajstić information content (AvgIpc) is 2.31. The van der Waals surface area contributed by atoms with E-state index in [9.17, 15) is 8.78 Å². The van der Waals surface area contributed by atoms with Gasteiger partial charge in [-0.25, -0.2) is 8.78 Å². The molecule has 0 aromatic heterocycles. The minimum absolute atomic E-state index is 0.0242. The first-order valence-corrected chi connectivity index (χ1v) is 5.15. The molecule has 17 heavy (non-hydrogen) atoms. The number of benzene rings is 2. The molecule has 0 unspecified atom stereocenters. The summed E-state index contributed by atoms with van der Waals surface area (Å²) in [6.45, 7) is 1.65. The van der Waals surface area contributed by atoms with Crippen LogP contribution in [-0.4, -0.2) is 0 Å². The quantitative estimate of drug-likeness (QED) is 0.779. The number of nitrogens with two attached hydrogens (primary N) is 1. The summed E-state index contributed by atoms with van der Waals surface area (Å²) in [7, 11) is 0. The van der Waals surface area contributed by atoms with Crippen LogP contribution in [0.15, 0.2) is 36.4 Å². The molecule has 88 valence electrons. The fraction of sp³-hybridized carbons (Fsp3) is 0.0769. The van der Waals surface area contributed by atoms with Gasteiger partial charge in [-0.2, -0.15) is 0 Å². The van der Waals surface area contributed by atoms with Crippen LogP contribution in [0.25, 0.3) is 0 Å². The Morgan fingerprint density at radius 2 is 1.53 bits per heavy atom. The number of halogens is 2. The predicted molar refractivity (Wildman–Crippen MR) is 65.2 cm³/mol. The SMILES string of the molecule is Cc1c(F)cccc1Nc1cccc(F)c1N. The fourth-order valence-electron chi connectivity index (χ4n) is 1.53. The number of anilines is 3. The van der Waals surface area contributed by atoms with Crippen LogP contribution in [-0.2, 0) is 0 Å². The van der Waals surface area contributed by atoms with E-state index in [2.05, 4.69) is 5.32 Å². The van der Waals surface area contributed by atoms with E-state index >= 15 is 0 Å². The Labute approximate surface area is 98.1 Å². The Balaban J connectivity index is 2.38. The zero-order valence-corrected chi connectivity index (χ0v) is 9.30. The van der Waals surface area contributed by atoms with Crippen LogP contribution in [0.4, 0.5) is 25.8 Å². The number of para-hydroxylation sites is 1. The molecule has 3 N–H and O–H groups in total. The molecule has 0 aliphatic rings. The van der Waals surface area contributed by atoms with Crippen LogP contribution >= 0.6 is 0 Å². The van der Waals surface area contributed by atoms with Crippen molar-refractivity contribution in [2.75, 3.05) is 11.1 Å². The molecular weight excluding hydrogens is 222 g/mol. The monoisotopic (exact) mass is 234 g/mol. The van der Waals surface area contributed by atoms with Gasteiger partial charge in [0, 0.05) is 11.3 Å². The molecule has 0 aliphatic carbocycles. The van der Waals surface area contributed by atoms with Crippen molar-refractivity contribution in [3.63, 3.8) is 0 Å². The molecule has 0 bridgehead atoms. The van der Waals surface area contributed by atoms with Crippen molar-refractivity contribution in [3.05, 3.63) is 53.6 Å². The van der Waals surface area contributed by atoms with Gasteiger partial charge in [-0.15, -0.1) is 0 Å². The minimum Gasteiger partial charge on any atom is -0.395 e. The van der Waals surface area contributed by atoms with Gasteiger partial charge in [0.2, 0.25) is 0 Å². The average molecular weight is 234 g/mol. The third-order valence-electron chi connectivity index (χ3n) is 2.59.